The van der Waals surface area contributed by atoms with Gasteiger partial charge in [0.2, 0.25) is 0 Å². The Morgan fingerprint density at radius 2 is 1.62 bits per heavy atom. The second kappa shape index (κ2) is 14.3. The highest BCUT2D eigenvalue weighted by molar-refractivity contribution is 5.75. The number of hydrogen-bond donors (Lipinski definition) is 0. The first kappa shape index (κ1) is 23.5. The number of ether oxygens (including phenoxy) is 2. The maximum Gasteiger partial charge on any atom is 0.347 e. The predicted octanol–water partition coefficient (Wildman–Crippen LogP) is 7.49. The highest BCUT2D eigenvalue weighted by Gasteiger charge is 2.21. The zero-order valence-corrected chi connectivity index (χ0v) is 18.6. The van der Waals surface area contributed by atoms with Crippen molar-refractivity contribution in [2.24, 2.45) is 0 Å². The summed E-state index contributed by atoms with van der Waals surface area (Å²) in [5, 5.41) is 0. The molecule has 0 N–H and O–H groups in total. The summed E-state index contributed by atoms with van der Waals surface area (Å²) in [6, 6.07) is 8.21. The van der Waals surface area contributed by atoms with Gasteiger partial charge in [-0.3, -0.25) is 0 Å². The van der Waals surface area contributed by atoms with Crippen molar-refractivity contribution in [2.75, 3.05) is 6.61 Å². The normalized spacial score (nSPS) is 14.9. The Kier molecular flexibility index (Phi) is 11.6. The SMILES string of the molecule is CCCCCCCCCCC(Oc1ccc(C2=CCCCC2)cc1)C(=O)OCC. The van der Waals surface area contributed by atoms with E-state index in [-0.39, 0.29) is 5.97 Å². The first-order chi connectivity index (χ1) is 14.2. The molecule has 162 valence electrons. The summed E-state index contributed by atoms with van der Waals surface area (Å²) in [5.41, 5.74) is 2.71. The molecule has 0 heterocycles. The first-order valence-corrected chi connectivity index (χ1v) is 11.9. The van der Waals surface area contributed by atoms with Crippen LogP contribution in [0.2, 0.25) is 0 Å². The molecular weight excluding hydrogens is 360 g/mol. The van der Waals surface area contributed by atoms with Gasteiger partial charge in [0, 0.05) is 0 Å². The Bertz CT molecular complexity index is 603. The lowest BCUT2D eigenvalue weighted by Gasteiger charge is -2.18. The first-order valence-electron chi connectivity index (χ1n) is 11.9. The summed E-state index contributed by atoms with van der Waals surface area (Å²) in [6.07, 6.45) is 17.5. The van der Waals surface area contributed by atoms with E-state index in [4.69, 9.17) is 9.47 Å². The monoisotopic (exact) mass is 400 g/mol. The van der Waals surface area contributed by atoms with Gasteiger partial charge < -0.3 is 9.47 Å². The lowest BCUT2D eigenvalue weighted by atomic mass is 9.94. The Morgan fingerprint density at radius 3 is 2.24 bits per heavy atom. The van der Waals surface area contributed by atoms with Crippen molar-refractivity contribution in [2.45, 2.75) is 103 Å². The lowest BCUT2D eigenvalue weighted by molar-refractivity contribution is -0.151. The van der Waals surface area contributed by atoms with Crippen LogP contribution >= 0.6 is 0 Å². The molecule has 0 aliphatic heterocycles. The fraction of sp³-hybridized carbons (Fsp3) is 0.654. The van der Waals surface area contributed by atoms with Crippen LogP contribution in [0.4, 0.5) is 0 Å². The molecule has 0 radical (unpaired) electrons. The van der Waals surface area contributed by atoms with Gasteiger partial charge in [-0.15, -0.1) is 0 Å². The minimum Gasteiger partial charge on any atom is -0.479 e. The van der Waals surface area contributed by atoms with E-state index in [0.29, 0.717) is 6.61 Å². The number of rotatable bonds is 14. The zero-order valence-electron chi connectivity index (χ0n) is 18.6. The van der Waals surface area contributed by atoms with Crippen molar-refractivity contribution in [3.05, 3.63) is 35.9 Å². The van der Waals surface area contributed by atoms with Crippen LogP contribution in [0.5, 0.6) is 5.75 Å². The molecule has 29 heavy (non-hydrogen) atoms. The lowest BCUT2D eigenvalue weighted by Crippen LogP contribution is -2.29. The molecule has 1 atom stereocenters. The van der Waals surface area contributed by atoms with E-state index in [0.717, 1.165) is 31.4 Å². The summed E-state index contributed by atoms with van der Waals surface area (Å²) < 4.78 is 11.3. The Morgan fingerprint density at radius 1 is 0.931 bits per heavy atom. The van der Waals surface area contributed by atoms with Gasteiger partial charge >= 0.3 is 5.97 Å². The van der Waals surface area contributed by atoms with Gasteiger partial charge in [-0.05, 0) is 68.7 Å². The fourth-order valence-corrected chi connectivity index (χ4v) is 3.94. The van der Waals surface area contributed by atoms with Crippen molar-refractivity contribution in [1.29, 1.82) is 0 Å². The van der Waals surface area contributed by atoms with Crippen LogP contribution in [0.1, 0.15) is 103 Å². The molecule has 0 saturated heterocycles. The van der Waals surface area contributed by atoms with Gasteiger partial charge in [0.25, 0.3) is 0 Å². The van der Waals surface area contributed by atoms with Gasteiger partial charge in [-0.1, -0.05) is 70.1 Å². The van der Waals surface area contributed by atoms with Crippen molar-refractivity contribution in [1.82, 2.24) is 0 Å². The van der Waals surface area contributed by atoms with Gasteiger partial charge in [0.05, 0.1) is 6.61 Å². The molecule has 1 unspecified atom stereocenters. The van der Waals surface area contributed by atoms with E-state index in [9.17, 15) is 4.79 Å². The minimum absolute atomic E-state index is 0.241. The van der Waals surface area contributed by atoms with E-state index in [1.807, 2.05) is 19.1 Å². The molecule has 0 spiro atoms. The number of benzene rings is 1. The average molecular weight is 401 g/mol. The molecule has 2 rings (SSSR count). The van der Waals surface area contributed by atoms with E-state index < -0.39 is 6.10 Å². The van der Waals surface area contributed by atoms with Crippen molar-refractivity contribution >= 4 is 11.5 Å². The van der Waals surface area contributed by atoms with Crippen molar-refractivity contribution in [3.63, 3.8) is 0 Å². The number of carbonyl (C=O) groups excluding carboxylic acids is 1. The van der Waals surface area contributed by atoms with E-state index >= 15 is 0 Å². The number of unbranched alkanes of at least 4 members (excludes halogenated alkanes) is 7. The smallest absolute Gasteiger partial charge is 0.347 e. The molecular formula is C26H40O3. The highest BCUT2D eigenvalue weighted by Crippen LogP contribution is 2.28. The Balaban J connectivity index is 1.81. The molecule has 0 amide bonds. The van der Waals surface area contributed by atoms with Crippen LogP contribution in [-0.4, -0.2) is 18.7 Å². The largest absolute Gasteiger partial charge is 0.479 e. The molecule has 3 heteroatoms. The van der Waals surface area contributed by atoms with Crippen LogP contribution < -0.4 is 4.74 Å². The number of allylic oxidation sites excluding steroid dienone is 2. The summed E-state index contributed by atoms with van der Waals surface area (Å²) in [7, 11) is 0. The standard InChI is InChI=1S/C26H40O3/c1-3-5-6-7-8-9-10-14-17-25(26(27)28-4-2)29-24-20-18-23(19-21-24)22-15-12-11-13-16-22/h15,18-21,25H,3-14,16-17H2,1-2H3. The molecule has 1 aromatic rings. The quantitative estimate of drug-likeness (QED) is 0.240. The van der Waals surface area contributed by atoms with Crippen molar-refractivity contribution < 1.29 is 14.3 Å². The molecule has 1 aliphatic carbocycles. The van der Waals surface area contributed by atoms with Crippen molar-refractivity contribution in [3.8, 4) is 5.75 Å². The van der Waals surface area contributed by atoms with Gasteiger partial charge in [-0.2, -0.15) is 0 Å². The highest BCUT2D eigenvalue weighted by atomic mass is 16.6. The summed E-state index contributed by atoms with van der Waals surface area (Å²) in [4.78, 5) is 12.3. The third-order valence-corrected chi connectivity index (χ3v) is 5.66. The van der Waals surface area contributed by atoms with Gasteiger partial charge in [0.1, 0.15) is 5.75 Å². The van der Waals surface area contributed by atoms with Gasteiger partial charge in [0.15, 0.2) is 6.10 Å². The molecule has 1 aliphatic rings. The Hall–Kier alpha value is -1.77. The number of hydrogen-bond acceptors (Lipinski definition) is 3. The average Bonchev–Trinajstić information content (AvgIpc) is 2.76. The van der Waals surface area contributed by atoms with Crippen LogP contribution in [0, 0.1) is 0 Å². The van der Waals surface area contributed by atoms with E-state index in [1.165, 1.54) is 68.9 Å². The van der Waals surface area contributed by atoms with E-state index in [1.54, 1.807) is 0 Å². The topological polar surface area (TPSA) is 35.5 Å². The van der Waals surface area contributed by atoms with Crippen LogP contribution in [-0.2, 0) is 9.53 Å². The Labute approximate surface area is 177 Å². The molecule has 0 aromatic heterocycles. The fourth-order valence-electron chi connectivity index (χ4n) is 3.94. The van der Waals surface area contributed by atoms with Gasteiger partial charge in [-0.25, -0.2) is 4.79 Å². The predicted molar refractivity (Wildman–Crippen MR) is 121 cm³/mol. The third kappa shape index (κ3) is 9.06. The number of carbonyl (C=O) groups is 1. The van der Waals surface area contributed by atoms with Crippen LogP contribution in [0.25, 0.3) is 5.57 Å². The maximum absolute atomic E-state index is 12.3. The van der Waals surface area contributed by atoms with E-state index in [2.05, 4.69) is 25.1 Å². The minimum atomic E-state index is -0.505. The molecule has 0 saturated carbocycles. The summed E-state index contributed by atoms with van der Waals surface area (Å²) in [5.74, 6) is 0.511. The molecule has 0 bridgehead atoms. The maximum atomic E-state index is 12.3. The third-order valence-electron chi connectivity index (χ3n) is 5.66. The second-order valence-electron chi connectivity index (χ2n) is 8.12. The summed E-state index contributed by atoms with van der Waals surface area (Å²) >= 11 is 0. The second-order valence-corrected chi connectivity index (χ2v) is 8.12. The molecule has 0 fully saturated rings. The van der Waals surface area contributed by atoms with Crippen LogP contribution in [0.15, 0.2) is 30.3 Å². The number of esters is 1. The summed E-state index contributed by atoms with van der Waals surface area (Å²) in [6.45, 7) is 4.48. The molecule has 3 nitrogen and oxygen atoms in total. The zero-order chi connectivity index (χ0) is 20.7. The molecule has 1 aromatic carbocycles. The van der Waals surface area contributed by atoms with Crippen LogP contribution in [0.3, 0.4) is 0 Å².